The summed E-state index contributed by atoms with van der Waals surface area (Å²) in [6.45, 7) is 1.51. The van der Waals surface area contributed by atoms with Gasteiger partial charge in [0.2, 0.25) is 5.91 Å². The Morgan fingerprint density at radius 3 is 2.23 bits per heavy atom. The minimum atomic E-state index is -0.224. The molecule has 0 aliphatic carbocycles. The van der Waals surface area contributed by atoms with Crippen LogP contribution in [0.3, 0.4) is 0 Å². The lowest BCUT2D eigenvalue weighted by molar-refractivity contribution is -0.121. The molecule has 0 spiro atoms. The summed E-state index contributed by atoms with van der Waals surface area (Å²) in [6.07, 6.45) is 1.86. The number of para-hydroxylation sites is 1. The van der Waals surface area contributed by atoms with Crippen LogP contribution in [0.5, 0.6) is 0 Å². The standard InChI is InChI=1S/C28H28ClN3O3/c29-23-12-10-22(11-13-23)28(35)32-18-15-21(16-19-32)26(33)31-25-9-5-4-8-24(25)27(34)30-17-14-20-6-2-1-3-7-20/h1-13,21H,14-19H2,(H,30,34)(H,31,33). The number of likely N-dealkylation sites (tertiary alicyclic amines) is 1. The van der Waals surface area contributed by atoms with Crippen molar-refractivity contribution in [3.63, 3.8) is 0 Å². The molecule has 7 heteroatoms. The number of carbonyl (C=O) groups is 3. The number of nitrogens with one attached hydrogen (secondary N) is 2. The molecule has 3 aromatic rings. The van der Waals surface area contributed by atoms with Crippen molar-refractivity contribution in [3.05, 3.63) is 101 Å². The van der Waals surface area contributed by atoms with E-state index in [0.29, 0.717) is 54.3 Å². The third-order valence-electron chi connectivity index (χ3n) is 6.22. The third kappa shape index (κ3) is 6.49. The molecule has 180 valence electrons. The first-order chi connectivity index (χ1) is 17.0. The summed E-state index contributed by atoms with van der Waals surface area (Å²) >= 11 is 5.91. The number of anilines is 1. The Bertz CT molecular complexity index is 1170. The zero-order valence-electron chi connectivity index (χ0n) is 19.4. The van der Waals surface area contributed by atoms with Gasteiger partial charge in [-0.3, -0.25) is 14.4 Å². The third-order valence-corrected chi connectivity index (χ3v) is 6.47. The van der Waals surface area contributed by atoms with Gasteiger partial charge in [-0.1, -0.05) is 54.1 Å². The van der Waals surface area contributed by atoms with Crippen molar-refractivity contribution in [2.75, 3.05) is 25.0 Å². The molecular weight excluding hydrogens is 462 g/mol. The lowest BCUT2D eigenvalue weighted by atomic mass is 9.95. The molecule has 6 nitrogen and oxygen atoms in total. The van der Waals surface area contributed by atoms with Crippen LogP contribution in [0.4, 0.5) is 5.69 Å². The first-order valence-electron chi connectivity index (χ1n) is 11.8. The predicted octanol–water partition coefficient (Wildman–Crippen LogP) is 4.80. The highest BCUT2D eigenvalue weighted by atomic mass is 35.5. The van der Waals surface area contributed by atoms with Gasteiger partial charge in [0, 0.05) is 36.1 Å². The number of rotatable bonds is 7. The molecule has 35 heavy (non-hydrogen) atoms. The number of hydrogen-bond donors (Lipinski definition) is 2. The zero-order chi connectivity index (χ0) is 24.6. The second-order valence-corrected chi connectivity index (χ2v) is 9.04. The Labute approximate surface area is 210 Å². The summed E-state index contributed by atoms with van der Waals surface area (Å²) in [7, 11) is 0. The Kier molecular flexibility index (Phi) is 8.16. The highest BCUT2D eigenvalue weighted by Gasteiger charge is 2.28. The second kappa shape index (κ2) is 11.7. The first-order valence-corrected chi connectivity index (χ1v) is 12.2. The van der Waals surface area contributed by atoms with Gasteiger partial charge in [-0.15, -0.1) is 0 Å². The molecule has 3 amide bonds. The number of hydrogen-bond acceptors (Lipinski definition) is 3. The van der Waals surface area contributed by atoms with E-state index < -0.39 is 0 Å². The average Bonchev–Trinajstić information content (AvgIpc) is 2.89. The smallest absolute Gasteiger partial charge is 0.253 e. The molecule has 1 aliphatic rings. The van der Waals surface area contributed by atoms with Crippen molar-refractivity contribution >= 4 is 35.0 Å². The highest BCUT2D eigenvalue weighted by molar-refractivity contribution is 6.30. The van der Waals surface area contributed by atoms with Crippen molar-refractivity contribution in [3.8, 4) is 0 Å². The van der Waals surface area contributed by atoms with E-state index in [0.717, 1.165) is 12.0 Å². The van der Waals surface area contributed by atoms with E-state index in [9.17, 15) is 14.4 Å². The topological polar surface area (TPSA) is 78.5 Å². The molecule has 1 aliphatic heterocycles. The minimum absolute atomic E-state index is 0.0574. The SMILES string of the molecule is O=C(NCCc1ccccc1)c1ccccc1NC(=O)C1CCN(C(=O)c2ccc(Cl)cc2)CC1. The lowest BCUT2D eigenvalue weighted by Gasteiger charge is -2.31. The van der Waals surface area contributed by atoms with Crippen molar-refractivity contribution in [1.29, 1.82) is 0 Å². The molecule has 1 saturated heterocycles. The van der Waals surface area contributed by atoms with E-state index in [2.05, 4.69) is 10.6 Å². The van der Waals surface area contributed by atoms with Gasteiger partial charge in [-0.05, 0) is 61.2 Å². The molecule has 2 N–H and O–H groups in total. The molecule has 3 aromatic carbocycles. The molecule has 0 saturated carbocycles. The Hall–Kier alpha value is -3.64. The maximum Gasteiger partial charge on any atom is 0.253 e. The molecular formula is C28H28ClN3O3. The van der Waals surface area contributed by atoms with Crippen LogP contribution >= 0.6 is 11.6 Å². The largest absolute Gasteiger partial charge is 0.352 e. The summed E-state index contributed by atoms with van der Waals surface area (Å²) in [5.74, 6) is -0.634. The van der Waals surface area contributed by atoms with Gasteiger partial charge >= 0.3 is 0 Å². The lowest BCUT2D eigenvalue weighted by Crippen LogP contribution is -2.41. The Balaban J connectivity index is 1.30. The van der Waals surface area contributed by atoms with Crippen LogP contribution in [0.25, 0.3) is 0 Å². The van der Waals surface area contributed by atoms with E-state index in [-0.39, 0.29) is 23.6 Å². The maximum absolute atomic E-state index is 13.0. The fourth-order valence-corrected chi connectivity index (χ4v) is 4.33. The number of amides is 3. The summed E-state index contributed by atoms with van der Waals surface area (Å²) < 4.78 is 0. The van der Waals surface area contributed by atoms with E-state index in [4.69, 9.17) is 11.6 Å². The highest BCUT2D eigenvalue weighted by Crippen LogP contribution is 2.23. The van der Waals surface area contributed by atoms with Gasteiger partial charge < -0.3 is 15.5 Å². The predicted molar refractivity (Wildman–Crippen MR) is 138 cm³/mol. The summed E-state index contributed by atoms with van der Waals surface area (Å²) in [4.78, 5) is 40.2. The number of carbonyl (C=O) groups excluding carboxylic acids is 3. The van der Waals surface area contributed by atoms with Gasteiger partial charge in [0.25, 0.3) is 11.8 Å². The summed E-state index contributed by atoms with van der Waals surface area (Å²) in [5.41, 5.74) is 2.67. The van der Waals surface area contributed by atoms with E-state index in [1.54, 1.807) is 53.4 Å². The van der Waals surface area contributed by atoms with Crippen LogP contribution in [-0.2, 0) is 11.2 Å². The van der Waals surface area contributed by atoms with Crippen LogP contribution in [0, 0.1) is 5.92 Å². The van der Waals surface area contributed by atoms with Crippen molar-refractivity contribution in [2.45, 2.75) is 19.3 Å². The second-order valence-electron chi connectivity index (χ2n) is 8.60. The Morgan fingerprint density at radius 2 is 1.51 bits per heavy atom. The van der Waals surface area contributed by atoms with Crippen LogP contribution in [-0.4, -0.2) is 42.3 Å². The molecule has 0 aromatic heterocycles. The minimum Gasteiger partial charge on any atom is -0.352 e. The molecule has 0 radical (unpaired) electrons. The number of piperidine rings is 1. The van der Waals surface area contributed by atoms with E-state index in [1.807, 2.05) is 30.3 Å². The van der Waals surface area contributed by atoms with Crippen LogP contribution < -0.4 is 10.6 Å². The first kappa shape index (κ1) is 24.5. The monoisotopic (exact) mass is 489 g/mol. The maximum atomic E-state index is 13.0. The molecule has 4 rings (SSSR count). The number of halogens is 1. The number of benzene rings is 3. The number of nitrogens with zero attached hydrogens (tertiary/aromatic N) is 1. The quantitative estimate of drug-likeness (QED) is 0.500. The summed E-state index contributed by atoms with van der Waals surface area (Å²) in [6, 6.07) is 23.8. The van der Waals surface area contributed by atoms with Gasteiger partial charge in [0.1, 0.15) is 0 Å². The zero-order valence-corrected chi connectivity index (χ0v) is 20.1. The van der Waals surface area contributed by atoms with Gasteiger partial charge in [-0.2, -0.15) is 0 Å². The molecule has 0 unspecified atom stereocenters. The Morgan fingerprint density at radius 1 is 0.857 bits per heavy atom. The normalized spacial score (nSPS) is 13.8. The summed E-state index contributed by atoms with van der Waals surface area (Å²) in [5, 5.41) is 6.45. The van der Waals surface area contributed by atoms with Gasteiger partial charge in [-0.25, -0.2) is 0 Å². The van der Waals surface area contributed by atoms with Crippen LogP contribution in [0.2, 0.25) is 5.02 Å². The van der Waals surface area contributed by atoms with Crippen LogP contribution in [0.15, 0.2) is 78.9 Å². The molecule has 1 heterocycles. The molecule has 0 bridgehead atoms. The van der Waals surface area contributed by atoms with Gasteiger partial charge in [0.05, 0.1) is 11.3 Å². The van der Waals surface area contributed by atoms with Crippen molar-refractivity contribution in [2.24, 2.45) is 5.92 Å². The van der Waals surface area contributed by atoms with Gasteiger partial charge in [0.15, 0.2) is 0 Å². The van der Waals surface area contributed by atoms with Crippen molar-refractivity contribution in [1.82, 2.24) is 10.2 Å². The molecule has 1 fully saturated rings. The molecule has 0 atom stereocenters. The fourth-order valence-electron chi connectivity index (χ4n) is 4.20. The fraction of sp³-hybridized carbons (Fsp3) is 0.250. The van der Waals surface area contributed by atoms with E-state index >= 15 is 0 Å². The van der Waals surface area contributed by atoms with Crippen LogP contribution in [0.1, 0.15) is 39.1 Å². The average molecular weight is 490 g/mol. The van der Waals surface area contributed by atoms with Crippen molar-refractivity contribution < 1.29 is 14.4 Å². The van der Waals surface area contributed by atoms with E-state index in [1.165, 1.54) is 0 Å².